The van der Waals surface area contributed by atoms with Gasteiger partial charge in [-0.25, -0.2) is 0 Å². The standard InChI is InChI=1S/C8H17ClO/c1-3-5-6-8(4-2)7-10-9/h8H,3-7H2,1-2H3. The van der Waals surface area contributed by atoms with E-state index in [-0.39, 0.29) is 0 Å². The van der Waals surface area contributed by atoms with Gasteiger partial charge in [-0.3, -0.25) is 4.29 Å². The summed E-state index contributed by atoms with van der Waals surface area (Å²) in [4.78, 5) is 0. The maximum atomic E-state index is 5.15. The van der Waals surface area contributed by atoms with Gasteiger partial charge in [0.05, 0.1) is 18.5 Å². The molecule has 0 aromatic carbocycles. The molecule has 0 bridgehead atoms. The van der Waals surface area contributed by atoms with Crippen LogP contribution in [0.5, 0.6) is 0 Å². The molecule has 0 N–H and O–H groups in total. The SMILES string of the molecule is CCCCC(CC)COCl. The minimum absolute atomic E-state index is 0.664. The van der Waals surface area contributed by atoms with Crippen LogP contribution in [0.3, 0.4) is 0 Å². The summed E-state index contributed by atoms with van der Waals surface area (Å²) in [5.41, 5.74) is 0. The average Bonchev–Trinajstić information content (AvgIpc) is 1.98. The Kier molecular flexibility index (Phi) is 7.54. The second-order valence-corrected chi connectivity index (χ2v) is 2.91. The smallest absolute Gasteiger partial charge is 0.0710 e. The normalized spacial score (nSPS) is 13.5. The molecule has 0 spiro atoms. The van der Waals surface area contributed by atoms with Crippen molar-refractivity contribution in [3.8, 4) is 0 Å². The number of hydrogen-bond acceptors (Lipinski definition) is 1. The first kappa shape index (κ1) is 10.2. The lowest BCUT2D eigenvalue weighted by Crippen LogP contribution is -2.04. The van der Waals surface area contributed by atoms with Crippen LogP contribution in [0.4, 0.5) is 0 Å². The molecular weight excluding hydrogens is 148 g/mol. The largest absolute Gasteiger partial charge is 0.279 e. The van der Waals surface area contributed by atoms with Crippen LogP contribution < -0.4 is 0 Å². The molecule has 0 aliphatic carbocycles. The van der Waals surface area contributed by atoms with Crippen molar-refractivity contribution >= 4 is 11.9 Å². The summed E-state index contributed by atoms with van der Waals surface area (Å²) in [7, 11) is 0. The van der Waals surface area contributed by atoms with Crippen molar-refractivity contribution < 1.29 is 4.29 Å². The van der Waals surface area contributed by atoms with E-state index in [2.05, 4.69) is 18.1 Å². The van der Waals surface area contributed by atoms with Crippen molar-refractivity contribution in [1.82, 2.24) is 0 Å². The minimum Gasteiger partial charge on any atom is -0.279 e. The van der Waals surface area contributed by atoms with Gasteiger partial charge in [0.15, 0.2) is 0 Å². The Hall–Kier alpha value is 0.250. The van der Waals surface area contributed by atoms with Crippen molar-refractivity contribution in [3.05, 3.63) is 0 Å². The van der Waals surface area contributed by atoms with Gasteiger partial charge in [0.25, 0.3) is 0 Å². The van der Waals surface area contributed by atoms with Crippen LogP contribution in [0, 0.1) is 5.92 Å². The van der Waals surface area contributed by atoms with Crippen LogP contribution in [0.15, 0.2) is 0 Å². The molecule has 0 fully saturated rings. The fourth-order valence-electron chi connectivity index (χ4n) is 0.987. The highest BCUT2D eigenvalue weighted by Crippen LogP contribution is 2.12. The van der Waals surface area contributed by atoms with Crippen molar-refractivity contribution in [2.45, 2.75) is 39.5 Å². The van der Waals surface area contributed by atoms with Crippen LogP contribution in [0.2, 0.25) is 0 Å². The Balaban J connectivity index is 3.21. The maximum absolute atomic E-state index is 5.15. The van der Waals surface area contributed by atoms with Gasteiger partial charge < -0.3 is 0 Å². The average molecular weight is 165 g/mol. The molecule has 1 atom stereocenters. The second kappa shape index (κ2) is 7.36. The van der Waals surface area contributed by atoms with Crippen molar-refractivity contribution in [2.24, 2.45) is 5.92 Å². The predicted octanol–water partition coefficient (Wildman–Crippen LogP) is 3.37. The molecule has 0 aliphatic heterocycles. The highest BCUT2D eigenvalue weighted by atomic mass is 35.5. The lowest BCUT2D eigenvalue weighted by molar-refractivity contribution is 0.252. The summed E-state index contributed by atoms with van der Waals surface area (Å²) >= 11 is 5.15. The van der Waals surface area contributed by atoms with Crippen LogP contribution in [0.25, 0.3) is 0 Å². The molecule has 0 saturated carbocycles. The van der Waals surface area contributed by atoms with E-state index in [9.17, 15) is 0 Å². The summed E-state index contributed by atoms with van der Waals surface area (Å²) in [6.45, 7) is 5.09. The Bertz CT molecular complexity index is 66.3. The maximum Gasteiger partial charge on any atom is 0.0710 e. The lowest BCUT2D eigenvalue weighted by atomic mass is 10.0. The molecule has 0 aromatic heterocycles. The monoisotopic (exact) mass is 164 g/mol. The van der Waals surface area contributed by atoms with Crippen molar-refractivity contribution in [1.29, 1.82) is 0 Å². The molecule has 0 aliphatic rings. The molecule has 2 heteroatoms. The zero-order chi connectivity index (χ0) is 7.82. The van der Waals surface area contributed by atoms with E-state index in [4.69, 9.17) is 11.9 Å². The summed E-state index contributed by atoms with van der Waals surface area (Å²) < 4.78 is 4.56. The van der Waals surface area contributed by atoms with Gasteiger partial charge in [-0.05, 0) is 12.3 Å². The lowest BCUT2D eigenvalue weighted by Gasteiger charge is -2.10. The van der Waals surface area contributed by atoms with E-state index >= 15 is 0 Å². The summed E-state index contributed by atoms with van der Waals surface area (Å²) in [6.07, 6.45) is 4.98. The molecule has 0 radical (unpaired) electrons. The number of halogens is 1. The van der Waals surface area contributed by atoms with Crippen LogP contribution >= 0.6 is 11.9 Å². The van der Waals surface area contributed by atoms with E-state index in [1.807, 2.05) is 0 Å². The highest BCUT2D eigenvalue weighted by Gasteiger charge is 2.04. The Morgan fingerprint density at radius 3 is 2.50 bits per heavy atom. The Morgan fingerprint density at radius 2 is 2.10 bits per heavy atom. The fourth-order valence-corrected chi connectivity index (χ4v) is 1.17. The zero-order valence-electron chi connectivity index (χ0n) is 6.90. The van der Waals surface area contributed by atoms with E-state index in [1.165, 1.54) is 25.7 Å². The summed E-state index contributed by atoms with van der Waals surface area (Å²) in [5.74, 6) is 0.664. The van der Waals surface area contributed by atoms with Crippen LogP contribution in [-0.2, 0) is 4.29 Å². The zero-order valence-corrected chi connectivity index (χ0v) is 7.66. The van der Waals surface area contributed by atoms with E-state index in [1.54, 1.807) is 0 Å². The fraction of sp³-hybridized carbons (Fsp3) is 1.00. The van der Waals surface area contributed by atoms with Gasteiger partial charge in [-0.2, -0.15) is 0 Å². The Labute approximate surface area is 68.9 Å². The molecule has 0 aromatic rings. The van der Waals surface area contributed by atoms with Gasteiger partial charge in [0.1, 0.15) is 0 Å². The number of rotatable bonds is 6. The molecule has 1 unspecified atom stereocenters. The molecule has 0 saturated heterocycles. The topological polar surface area (TPSA) is 9.23 Å². The van der Waals surface area contributed by atoms with E-state index in [0.717, 1.165) is 0 Å². The van der Waals surface area contributed by atoms with Gasteiger partial charge in [-0.15, -0.1) is 0 Å². The van der Waals surface area contributed by atoms with Gasteiger partial charge in [0.2, 0.25) is 0 Å². The van der Waals surface area contributed by atoms with E-state index in [0.29, 0.717) is 12.5 Å². The van der Waals surface area contributed by atoms with Crippen LogP contribution in [0.1, 0.15) is 39.5 Å². The van der Waals surface area contributed by atoms with E-state index < -0.39 is 0 Å². The number of hydrogen-bond donors (Lipinski definition) is 0. The third kappa shape index (κ3) is 5.07. The van der Waals surface area contributed by atoms with Crippen molar-refractivity contribution in [2.75, 3.05) is 6.61 Å². The first-order valence-corrected chi connectivity index (χ1v) is 4.39. The Morgan fingerprint density at radius 1 is 1.40 bits per heavy atom. The number of unbranched alkanes of at least 4 members (excludes halogenated alkanes) is 1. The minimum atomic E-state index is 0.664. The third-order valence-corrected chi connectivity index (χ3v) is 1.97. The second-order valence-electron chi connectivity index (χ2n) is 2.69. The molecule has 0 heterocycles. The quantitative estimate of drug-likeness (QED) is 0.585. The first-order valence-electron chi connectivity index (χ1n) is 4.08. The predicted molar refractivity (Wildman–Crippen MR) is 45.1 cm³/mol. The molecular formula is C8H17ClO. The van der Waals surface area contributed by atoms with Crippen LogP contribution in [-0.4, -0.2) is 6.61 Å². The summed E-state index contributed by atoms with van der Waals surface area (Å²) in [6, 6.07) is 0. The summed E-state index contributed by atoms with van der Waals surface area (Å²) in [5, 5.41) is 0. The van der Waals surface area contributed by atoms with Gasteiger partial charge in [-0.1, -0.05) is 33.1 Å². The third-order valence-electron chi connectivity index (χ3n) is 1.84. The molecule has 0 rings (SSSR count). The molecule has 0 amide bonds. The molecule has 1 nitrogen and oxygen atoms in total. The molecule has 10 heavy (non-hydrogen) atoms. The van der Waals surface area contributed by atoms with Crippen molar-refractivity contribution in [3.63, 3.8) is 0 Å². The first-order chi connectivity index (χ1) is 4.85. The van der Waals surface area contributed by atoms with Gasteiger partial charge >= 0.3 is 0 Å². The molecule has 62 valence electrons. The highest BCUT2D eigenvalue weighted by molar-refractivity contribution is 6.07. The van der Waals surface area contributed by atoms with Gasteiger partial charge in [0, 0.05) is 0 Å².